The van der Waals surface area contributed by atoms with Gasteiger partial charge in [-0.2, -0.15) is 0 Å². The number of carbonyl (C=O) groups is 3. The molecule has 0 aliphatic carbocycles. The molecule has 0 amide bonds. The first-order chi connectivity index (χ1) is 34.5. The standard InChI is InChI=1S/C64H108O6/c1-4-7-10-13-16-19-22-24-26-28-30-31-32-33-35-36-38-40-42-45-48-51-54-57-63(66)69-60-61(59-68-62(65)56-53-50-47-44-21-18-15-12-9-6-3)70-64(67)58-55-52-49-46-43-41-39-37-34-29-27-25-23-20-17-14-11-8-5-2/h7,10,12,15-17,19-20,24-27,30-31,34,37,61H,4-6,8-9,11,13-14,18,21-23,28-29,32-33,35-36,38-60H2,1-3H3/b10-7-,15-12-,19-16-,20-17-,26-24-,27-25-,31-30-,37-34-. The Morgan fingerprint density at radius 2 is 0.586 bits per heavy atom. The van der Waals surface area contributed by atoms with Gasteiger partial charge in [0.15, 0.2) is 6.10 Å². The molecule has 70 heavy (non-hydrogen) atoms. The molecule has 1 unspecified atom stereocenters. The maximum atomic E-state index is 12.9. The highest BCUT2D eigenvalue weighted by molar-refractivity contribution is 5.71. The molecule has 0 aromatic heterocycles. The summed E-state index contributed by atoms with van der Waals surface area (Å²) in [6.45, 7) is 6.42. The average molecular weight is 974 g/mol. The van der Waals surface area contributed by atoms with Crippen molar-refractivity contribution in [1.82, 2.24) is 0 Å². The molecule has 0 saturated carbocycles. The number of rotatable bonds is 52. The quantitative estimate of drug-likeness (QED) is 0.0262. The molecule has 1 atom stereocenters. The first kappa shape index (κ1) is 66.3. The zero-order valence-electron chi connectivity index (χ0n) is 45.8. The number of esters is 3. The molecular formula is C64H108O6. The Hall–Kier alpha value is -3.67. The Morgan fingerprint density at radius 1 is 0.300 bits per heavy atom. The van der Waals surface area contributed by atoms with Gasteiger partial charge in [0.2, 0.25) is 0 Å². The van der Waals surface area contributed by atoms with Crippen molar-refractivity contribution in [2.75, 3.05) is 13.2 Å². The molecule has 0 spiro atoms. The predicted molar refractivity (Wildman–Crippen MR) is 302 cm³/mol. The molecule has 6 nitrogen and oxygen atoms in total. The lowest BCUT2D eigenvalue weighted by molar-refractivity contribution is -0.167. The molecule has 400 valence electrons. The number of carbonyl (C=O) groups excluding carboxylic acids is 3. The van der Waals surface area contributed by atoms with Crippen LogP contribution >= 0.6 is 0 Å². The van der Waals surface area contributed by atoms with Crippen LogP contribution in [-0.2, 0) is 28.6 Å². The summed E-state index contributed by atoms with van der Waals surface area (Å²) in [5.41, 5.74) is 0. The summed E-state index contributed by atoms with van der Waals surface area (Å²) in [6, 6.07) is 0. The highest BCUT2D eigenvalue weighted by Gasteiger charge is 2.19. The normalized spacial score (nSPS) is 12.8. The van der Waals surface area contributed by atoms with Crippen molar-refractivity contribution >= 4 is 17.9 Å². The van der Waals surface area contributed by atoms with E-state index in [-0.39, 0.29) is 31.1 Å². The van der Waals surface area contributed by atoms with E-state index in [4.69, 9.17) is 14.2 Å². The number of hydrogen-bond acceptors (Lipinski definition) is 6. The lowest BCUT2D eigenvalue weighted by Gasteiger charge is -2.18. The summed E-state index contributed by atoms with van der Waals surface area (Å²) in [5, 5.41) is 0. The van der Waals surface area contributed by atoms with Crippen molar-refractivity contribution in [3.8, 4) is 0 Å². The van der Waals surface area contributed by atoms with Crippen molar-refractivity contribution < 1.29 is 28.6 Å². The second kappa shape index (κ2) is 57.9. The number of allylic oxidation sites excluding steroid dienone is 16. The molecule has 0 heterocycles. The molecule has 0 saturated heterocycles. The van der Waals surface area contributed by atoms with Crippen LogP contribution in [0.5, 0.6) is 0 Å². The topological polar surface area (TPSA) is 78.9 Å². The second-order valence-electron chi connectivity index (χ2n) is 19.2. The van der Waals surface area contributed by atoms with Gasteiger partial charge in [-0.05, 0) is 116 Å². The number of unbranched alkanes of at least 4 members (excludes halogenated alkanes) is 25. The van der Waals surface area contributed by atoms with E-state index in [9.17, 15) is 14.4 Å². The Kier molecular flexibility index (Phi) is 54.9. The zero-order valence-corrected chi connectivity index (χ0v) is 45.8. The lowest BCUT2D eigenvalue weighted by Crippen LogP contribution is -2.30. The molecule has 0 aliphatic heterocycles. The van der Waals surface area contributed by atoms with E-state index in [1.165, 1.54) is 103 Å². The molecule has 0 aromatic carbocycles. The Morgan fingerprint density at radius 3 is 0.943 bits per heavy atom. The van der Waals surface area contributed by atoms with Crippen LogP contribution in [0.4, 0.5) is 0 Å². The third-order valence-corrected chi connectivity index (χ3v) is 12.3. The first-order valence-corrected chi connectivity index (χ1v) is 29.2. The van der Waals surface area contributed by atoms with Gasteiger partial charge in [-0.1, -0.05) is 234 Å². The molecule has 0 fully saturated rings. The van der Waals surface area contributed by atoms with Crippen molar-refractivity contribution in [2.45, 2.75) is 277 Å². The van der Waals surface area contributed by atoms with Crippen LogP contribution in [0.25, 0.3) is 0 Å². The van der Waals surface area contributed by atoms with Crippen molar-refractivity contribution in [1.29, 1.82) is 0 Å². The van der Waals surface area contributed by atoms with Crippen LogP contribution in [0.15, 0.2) is 97.2 Å². The third-order valence-electron chi connectivity index (χ3n) is 12.3. The minimum absolute atomic E-state index is 0.0880. The second-order valence-corrected chi connectivity index (χ2v) is 19.2. The molecule has 0 aromatic rings. The maximum absolute atomic E-state index is 12.9. The smallest absolute Gasteiger partial charge is 0.306 e. The molecule has 0 bridgehead atoms. The average Bonchev–Trinajstić information content (AvgIpc) is 3.36. The van der Waals surface area contributed by atoms with Gasteiger partial charge in [-0.15, -0.1) is 0 Å². The van der Waals surface area contributed by atoms with Gasteiger partial charge in [0.1, 0.15) is 13.2 Å². The van der Waals surface area contributed by atoms with Gasteiger partial charge in [-0.25, -0.2) is 0 Å². The Labute approximate surface area is 432 Å². The molecule has 0 N–H and O–H groups in total. The monoisotopic (exact) mass is 973 g/mol. The lowest BCUT2D eigenvalue weighted by atomic mass is 10.1. The summed E-state index contributed by atoms with van der Waals surface area (Å²) in [6.07, 6.45) is 76.9. The number of hydrogen-bond donors (Lipinski definition) is 0. The van der Waals surface area contributed by atoms with Gasteiger partial charge in [0.25, 0.3) is 0 Å². The van der Waals surface area contributed by atoms with E-state index in [1.54, 1.807) is 0 Å². The molecular weight excluding hydrogens is 865 g/mol. The van der Waals surface area contributed by atoms with Gasteiger partial charge < -0.3 is 14.2 Å². The van der Waals surface area contributed by atoms with E-state index in [0.717, 1.165) is 128 Å². The maximum Gasteiger partial charge on any atom is 0.306 e. The summed E-state index contributed by atoms with van der Waals surface area (Å²) in [7, 11) is 0. The fourth-order valence-electron chi connectivity index (χ4n) is 7.91. The SMILES string of the molecule is CC/C=C\C/C=C\C/C=C\C/C=C\CCCCCCCCCCCCC(=O)OCC(COC(=O)CCCCCCC/C=C\CCC)OC(=O)CCCCCCCC/C=C\C/C=C\C/C=C\CCCCC. The highest BCUT2D eigenvalue weighted by atomic mass is 16.6. The van der Waals surface area contributed by atoms with E-state index in [2.05, 4.69) is 118 Å². The summed E-state index contributed by atoms with van der Waals surface area (Å²) in [4.78, 5) is 38.1. The Balaban J connectivity index is 4.32. The summed E-state index contributed by atoms with van der Waals surface area (Å²) in [5.74, 6) is -0.913. The van der Waals surface area contributed by atoms with Gasteiger partial charge in [0, 0.05) is 19.3 Å². The van der Waals surface area contributed by atoms with Crippen molar-refractivity contribution in [2.24, 2.45) is 0 Å². The van der Waals surface area contributed by atoms with Crippen molar-refractivity contribution in [3.63, 3.8) is 0 Å². The Bertz CT molecular complexity index is 1400. The first-order valence-electron chi connectivity index (χ1n) is 29.2. The highest BCUT2D eigenvalue weighted by Crippen LogP contribution is 2.15. The van der Waals surface area contributed by atoms with Crippen LogP contribution in [0, 0.1) is 0 Å². The molecule has 0 radical (unpaired) electrons. The van der Waals surface area contributed by atoms with Gasteiger partial charge >= 0.3 is 17.9 Å². The minimum atomic E-state index is -0.790. The van der Waals surface area contributed by atoms with Crippen LogP contribution < -0.4 is 0 Å². The minimum Gasteiger partial charge on any atom is -0.462 e. The number of ether oxygens (including phenoxy) is 3. The van der Waals surface area contributed by atoms with E-state index < -0.39 is 6.10 Å². The van der Waals surface area contributed by atoms with E-state index in [1.807, 2.05) is 0 Å². The summed E-state index contributed by atoms with van der Waals surface area (Å²) < 4.78 is 16.8. The van der Waals surface area contributed by atoms with Gasteiger partial charge in [-0.3, -0.25) is 14.4 Å². The summed E-state index contributed by atoms with van der Waals surface area (Å²) >= 11 is 0. The zero-order chi connectivity index (χ0) is 50.7. The van der Waals surface area contributed by atoms with Crippen LogP contribution in [0.3, 0.4) is 0 Å². The molecule has 0 rings (SSSR count). The fraction of sp³-hybridized carbons (Fsp3) is 0.703. The van der Waals surface area contributed by atoms with E-state index >= 15 is 0 Å². The van der Waals surface area contributed by atoms with Crippen molar-refractivity contribution in [3.05, 3.63) is 97.2 Å². The van der Waals surface area contributed by atoms with Crippen LogP contribution in [-0.4, -0.2) is 37.2 Å². The predicted octanol–water partition coefficient (Wildman–Crippen LogP) is 19.7. The van der Waals surface area contributed by atoms with Crippen LogP contribution in [0.2, 0.25) is 0 Å². The third kappa shape index (κ3) is 55.3. The van der Waals surface area contributed by atoms with Gasteiger partial charge in [0.05, 0.1) is 0 Å². The molecule has 6 heteroatoms. The fourth-order valence-corrected chi connectivity index (χ4v) is 7.91. The molecule has 0 aliphatic rings. The van der Waals surface area contributed by atoms with Crippen LogP contribution in [0.1, 0.15) is 271 Å². The van der Waals surface area contributed by atoms with E-state index in [0.29, 0.717) is 19.3 Å². The largest absolute Gasteiger partial charge is 0.462 e.